The first-order valence-corrected chi connectivity index (χ1v) is 13.4. The van der Waals surface area contributed by atoms with Crippen LogP contribution in [0.1, 0.15) is 25.3 Å². The summed E-state index contributed by atoms with van der Waals surface area (Å²) in [6.45, 7) is 4.43. The van der Waals surface area contributed by atoms with Crippen LogP contribution in [0, 0.1) is 11.8 Å². The molecular formula is C27H33N3O4S. The van der Waals surface area contributed by atoms with Gasteiger partial charge in [-0.25, -0.2) is 0 Å². The highest BCUT2D eigenvalue weighted by molar-refractivity contribution is 8.02. The molecule has 8 heteroatoms. The minimum atomic E-state index is -0.792. The van der Waals surface area contributed by atoms with Crippen LogP contribution in [0.3, 0.4) is 0 Å². The Kier molecular flexibility index (Phi) is 6.77. The number of benzene rings is 1. The smallest absolute Gasteiger partial charge is 0.247 e. The third kappa shape index (κ3) is 4.00. The van der Waals surface area contributed by atoms with Gasteiger partial charge < -0.3 is 19.8 Å². The molecule has 2 saturated heterocycles. The predicted octanol–water partition coefficient (Wildman–Crippen LogP) is 2.07. The topological polar surface area (TPSA) is 81.2 Å². The van der Waals surface area contributed by atoms with Crippen molar-refractivity contribution in [3.63, 3.8) is 0 Å². The first-order chi connectivity index (χ1) is 17.0. The van der Waals surface area contributed by atoms with Crippen LogP contribution in [0.15, 0.2) is 54.6 Å². The molecule has 1 aromatic rings. The lowest BCUT2D eigenvalue weighted by Gasteiger charge is -2.35. The van der Waals surface area contributed by atoms with Crippen molar-refractivity contribution >= 4 is 29.5 Å². The van der Waals surface area contributed by atoms with Gasteiger partial charge in [0.05, 0.1) is 16.6 Å². The fraction of sp³-hybridized carbons (Fsp3) is 0.519. The molecular weight excluding hydrogens is 462 g/mol. The van der Waals surface area contributed by atoms with Crippen molar-refractivity contribution in [1.29, 1.82) is 0 Å². The molecule has 7 nitrogen and oxygen atoms in total. The maximum atomic E-state index is 14.1. The summed E-state index contributed by atoms with van der Waals surface area (Å²) in [5.74, 6) is -1.29. The zero-order valence-electron chi connectivity index (χ0n) is 20.1. The van der Waals surface area contributed by atoms with E-state index in [-0.39, 0.29) is 29.6 Å². The number of thioether (sulfide) groups is 1. The van der Waals surface area contributed by atoms with Crippen molar-refractivity contribution in [2.45, 2.75) is 42.3 Å². The molecule has 4 aliphatic heterocycles. The number of fused-ring (bicyclic) bond motifs is 2. The number of amides is 3. The van der Waals surface area contributed by atoms with Gasteiger partial charge in [0, 0.05) is 44.6 Å². The number of carbonyl (C=O) groups excluding carboxylic acids is 3. The van der Waals surface area contributed by atoms with Gasteiger partial charge in [-0.2, -0.15) is 0 Å². The second-order valence-corrected chi connectivity index (χ2v) is 11.3. The van der Waals surface area contributed by atoms with Gasteiger partial charge in [0.1, 0.15) is 6.04 Å². The largest absolute Gasteiger partial charge is 0.396 e. The van der Waals surface area contributed by atoms with Gasteiger partial charge in [-0.3, -0.25) is 14.4 Å². The van der Waals surface area contributed by atoms with Gasteiger partial charge in [0.25, 0.3) is 0 Å². The summed E-state index contributed by atoms with van der Waals surface area (Å²) in [4.78, 5) is 47.1. The number of hydrogen-bond donors (Lipinski definition) is 1. The van der Waals surface area contributed by atoms with Crippen LogP contribution in [0.25, 0.3) is 0 Å². The molecule has 35 heavy (non-hydrogen) atoms. The molecule has 1 spiro atoms. The molecule has 4 heterocycles. The van der Waals surface area contributed by atoms with Crippen molar-refractivity contribution in [2.24, 2.45) is 11.8 Å². The summed E-state index contributed by atoms with van der Waals surface area (Å²) in [6.07, 6.45) is 9.42. The Hall–Kier alpha value is -2.58. The molecule has 3 amide bonds. The van der Waals surface area contributed by atoms with E-state index in [9.17, 15) is 19.5 Å². The number of carbonyl (C=O) groups is 3. The maximum absolute atomic E-state index is 14.1. The predicted molar refractivity (Wildman–Crippen MR) is 135 cm³/mol. The minimum absolute atomic E-state index is 0.0126. The monoisotopic (exact) mass is 495 g/mol. The van der Waals surface area contributed by atoms with E-state index in [4.69, 9.17) is 0 Å². The molecule has 0 aliphatic carbocycles. The normalized spacial score (nSPS) is 31.9. The Morgan fingerprint density at radius 1 is 1.00 bits per heavy atom. The SMILES string of the molecule is CCCN1CC=C[C@@H]2S[C@]34C=CCN(Cc5ccccc5)C(=O)C3N(CCCO)C(=O)[C@@H]4[C@@H]2C1=O. The minimum Gasteiger partial charge on any atom is -0.396 e. The Labute approximate surface area is 210 Å². The highest BCUT2D eigenvalue weighted by Gasteiger charge is 2.70. The average Bonchev–Trinajstić information content (AvgIpc) is 3.18. The maximum Gasteiger partial charge on any atom is 0.247 e. The summed E-state index contributed by atoms with van der Waals surface area (Å²) in [6, 6.07) is 9.17. The number of aliphatic hydroxyl groups is 1. The van der Waals surface area contributed by atoms with E-state index >= 15 is 0 Å². The molecule has 186 valence electrons. The van der Waals surface area contributed by atoms with Gasteiger partial charge in [-0.15, -0.1) is 11.8 Å². The molecule has 0 bridgehead atoms. The molecule has 5 atom stereocenters. The fourth-order valence-electron chi connectivity index (χ4n) is 6.13. The van der Waals surface area contributed by atoms with Crippen LogP contribution in [0.5, 0.6) is 0 Å². The first kappa shape index (κ1) is 24.1. The summed E-state index contributed by atoms with van der Waals surface area (Å²) < 4.78 is -0.792. The van der Waals surface area contributed by atoms with Crippen molar-refractivity contribution in [2.75, 3.05) is 32.8 Å². The van der Waals surface area contributed by atoms with Gasteiger partial charge in [-0.05, 0) is 18.4 Å². The van der Waals surface area contributed by atoms with E-state index in [1.165, 1.54) is 0 Å². The summed E-state index contributed by atoms with van der Waals surface area (Å²) in [5, 5.41) is 9.38. The van der Waals surface area contributed by atoms with E-state index in [0.29, 0.717) is 39.1 Å². The second kappa shape index (κ2) is 9.82. The number of hydrogen-bond acceptors (Lipinski definition) is 5. The van der Waals surface area contributed by atoms with Crippen LogP contribution in [0.2, 0.25) is 0 Å². The lowest BCUT2D eigenvalue weighted by Crippen LogP contribution is -2.53. The first-order valence-electron chi connectivity index (χ1n) is 12.6. The molecule has 2 fully saturated rings. The van der Waals surface area contributed by atoms with E-state index in [0.717, 1.165) is 12.0 Å². The zero-order valence-corrected chi connectivity index (χ0v) is 20.9. The van der Waals surface area contributed by atoms with E-state index in [1.807, 2.05) is 65.3 Å². The summed E-state index contributed by atoms with van der Waals surface area (Å²) in [7, 11) is 0. The molecule has 5 rings (SSSR count). The lowest BCUT2D eigenvalue weighted by molar-refractivity contribution is -0.144. The van der Waals surface area contributed by atoms with Crippen LogP contribution in [-0.4, -0.2) is 86.4 Å². The quantitative estimate of drug-likeness (QED) is 0.586. The van der Waals surface area contributed by atoms with E-state index < -0.39 is 22.6 Å². The van der Waals surface area contributed by atoms with Gasteiger partial charge in [-0.1, -0.05) is 61.6 Å². The third-order valence-electron chi connectivity index (χ3n) is 7.59. The molecule has 0 aromatic heterocycles. The Morgan fingerprint density at radius 3 is 2.51 bits per heavy atom. The number of aliphatic hydroxyl groups excluding tert-OH is 1. The Balaban J connectivity index is 1.54. The molecule has 1 unspecified atom stereocenters. The van der Waals surface area contributed by atoms with Gasteiger partial charge >= 0.3 is 0 Å². The van der Waals surface area contributed by atoms with Crippen molar-refractivity contribution < 1.29 is 19.5 Å². The highest BCUT2D eigenvalue weighted by Crippen LogP contribution is 2.61. The average molecular weight is 496 g/mol. The van der Waals surface area contributed by atoms with Crippen LogP contribution in [0.4, 0.5) is 0 Å². The molecule has 0 radical (unpaired) electrons. The van der Waals surface area contributed by atoms with E-state index in [1.54, 1.807) is 16.7 Å². The number of nitrogens with zero attached hydrogens (tertiary/aromatic N) is 3. The zero-order chi connectivity index (χ0) is 24.6. The number of rotatable bonds is 7. The van der Waals surface area contributed by atoms with Gasteiger partial charge in [0.2, 0.25) is 17.7 Å². The molecule has 4 aliphatic rings. The van der Waals surface area contributed by atoms with Gasteiger partial charge in [0.15, 0.2) is 0 Å². The summed E-state index contributed by atoms with van der Waals surface area (Å²) >= 11 is 1.61. The summed E-state index contributed by atoms with van der Waals surface area (Å²) in [5.41, 5.74) is 1.03. The van der Waals surface area contributed by atoms with Crippen molar-refractivity contribution in [1.82, 2.24) is 14.7 Å². The standard InChI is InChI=1S/C27H33N3O4S/c1-2-13-28-14-6-11-20-21(24(28)32)22-25(33)30(16-8-17-31)23-26(34)29(15-7-12-27(22,23)35-20)18-19-9-4-3-5-10-19/h3-7,9-12,20-23,31H,2,8,13-18H2,1H3/t20-,21+,22-,23?,27-/m0/s1. The fourth-order valence-corrected chi connectivity index (χ4v) is 8.14. The van der Waals surface area contributed by atoms with Crippen LogP contribution in [-0.2, 0) is 20.9 Å². The number of likely N-dealkylation sites (tertiary alicyclic amines) is 1. The lowest BCUT2D eigenvalue weighted by atomic mass is 9.78. The van der Waals surface area contributed by atoms with E-state index in [2.05, 4.69) is 6.08 Å². The highest BCUT2D eigenvalue weighted by atomic mass is 32.2. The Morgan fingerprint density at radius 2 is 1.77 bits per heavy atom. The molecule has 1 aromatic carbocycles. The second-order valence-electron chi connectivity index (χ2n) is 9.77. The van der Waals surface area contributed by atoms with Crippen LogP contribution < -0.4 is 0 Å². The van der Waals surface area contributed by atoms with Crippen molar-refractivity contribution in [3.05, 3.63) is 60.2 Å². The Bertz CT molecular complexity index is 1040. The van der Waals surface area contributed by atoms with Crippen LogP contribution >= 0.6 is 11.8 Å². The molecule has 1 N–H and O–H groups in total. The van der Waals surface area contributed by atoms with Crippen molar-refractivity contribution in [3.8, 4) is 0 Å². The molecule has 0 saturated carbocycles. The third-order valence-corrected chi connectivity index (χ3v) is 9.34.